The number of azo groups is 2. The lowest BCUT2D eigenvalue weighted by molar-refractivity contribution is 0.472. The number of nitrogen functional groups attached to an aromatic ring is 1. The van der Waals surface area contributed by atoms with Crippen molar-refractivity contribution < 1.29 is 57.0 Å². The minimum Gasteiger partial charge on any atom is -0.505 e. The van der Waals surface area contributed by atoms with Crippen molar-refractivity contribution in [2.24, 2.45) is 20.5 Å². The molecule has 2 aromatic heterocycles. The number of phenols is 1. The first-order valence-corrected chi connectivity index (χ1v) is 27.3. The molecule has 392 valence electrons. The second kappa shape index (κ2) is 20.9. The maximum Gasteiger partial charge on any atom is 0.296 e. The van der Waals surface area contributed by atoms with Gasteiger partial charge in [0.1, 0.15) is 42.3 Å². The molecule has 0 bridgehead atoms. The number of halogens is 2. The maximum atomic E-state index is 12.9. The molecule has 0 spiro atoms. The number of fused-ring (bicyclic) bond motifs is 1. The zero-order chi connectivity index (χ0) is 55.1. The van der Waals surface area contributed by atoms with Crippen LogP contribution in [-0.2, 0) is 40.5 Å². The van der Waals surface area contributed by atoms with E-state index in [2.05, 4.69) is 71.6 Å². The van der Waals surface area contributed by atoms with Gasteiger partial charge in [-0.05, 0) is 114 Å². The van der Waals surface area contributed by atoms with Crippen LogP contribution in [0.15, 0.2) is 137 Å². The minimum atomic E-state index is -5.50. The van der Waals surface area contributed by atoms with Gasteiger partial charge >= 0.3 is 0 Å². The van der Waals surface area contributed by atoms with Crippen LogP contribution in [-0.4, -0.2) is 86.9 Å². The second-order valence-electron chi connectivity index (χ2n) is 15.6. The van der Waals surface area contributed by atoms with E-state index in [0.29, 0.717) is 23.5 Å². The molecule has 11 N–H and O–H groups in total. The van der Waals surface area contributed by atoms with Crippen molar-refractivity contribution >= 4 is 149 Å². The largest absolute Gasteiger partial charge is 0.505 e. The highest BCUT2D eigenvalue weighted by molar-refractivity contribution is 7.86. The molecule has 0 saturated heterocycles. The Hall–Kier alpha value is -8.18. The van der Waals surface area contributed by atoms with Crippen molar-refractivity contribution in [2.45, 2.75) is 33.4 Å². The van der Waals surface area contributed by atoms with Gasteiger partial charge in [-0.15, -0.1) is 20.5 Å². The molecule has 0 aliphatic rings. The van der Waals surface area contributed by atoms with Gasteiger partial charge in [0, 0.05) is 22.7 Å². The molecule has 0 saturated carbocycles. The molecule has 0 unspecified atom stereocenters. The van der Waals surface area contributed by atoms with Crippen LogP contribution < -0.4 is 27.0 Å². The Kier molecular flexibility index (Phi) is 14.8. The van der Waals surface area contributed by atoms with E-state index in [9.17, 15) is 57.0 Å². The Bertz CT molecular complexity index is 3970. The Morgan fingerprint density at radius 2 is 0.842 bits per heavy atom. The number of benzene rings is 6. The highest BCUT2D eigenvalue weighted by Gasteiger charge is 2.29. The van der Waals surface area contributed by atoms with Gasteiger partial charge in [0.25, 0.3) is 40.5 Å². The summed E-state index contributed by atoms with van der Waals surface area (Å²) in [6, 6.07) is 21.3. The number of rotatable bonds is 16. The molecule has 76 heavy (non-hydrogen) atoms. The zero-order valence-electron chi connectivity index (χ0n) is 38.2. The molecule has 6 aromatic carbocycles. The molecule has 0 fully saturated rings. The van der Waals surface area contributed by atoms with Gasteiger partial charge in [0.2, 0.25) is 34.4 Å². The Labute approximate surface area is 439 Å². The summed E-state index contributed by atoms with van der Waals surface area (Å²) in [5, 5.41) is 36.3. The number of phenolic OH excluding ortho intramolecular Hbond substituents is 1. The average Bonchev–Trinajstić information content (AvgIpc) is 3.30. The van der Waals surface area contributed by atoms with E-state index >= 15 is 0 Å². The minimum absolute atomic E-state index is 0.0121. The zero-order valence-corrected chi connectivity index (χ0v) is 43.0. The number of aromatic nitrogens is 6. The number of nitrogens with one attached hydrogen (secondary N) is 4. The number of nitrogens with zero attached hydrogens (tertiary/aromatic N) is 10. The molecule has 34 heteroatoms. The quantitative estimate of drug-likeness (QED) is 0.0245. The van der Waals surface area contributed by atoms with Gasteiger partial charge < -0.3 is 32.1 Å². The van der Waals surface area contributed by atoms with Crippen LogP contribution in [0.25, 0.3) is 10.8 Å². The fraction of sp³-hybridized carbons (Fsp3) is 0.0476. The topological polar surface area (TPSA) is 439 Å². The number of anilines is 9. The molecule has 0 amide bonds. The highest BCUT2D eigenvalue weighted by Crippen LogP contribution is 2.49. The van der Waals surface area contributed by atoms with Crippen molar-refractivity contribution in [1.82, 2.24) is 29.9 Å². The first-order chi connectivity index (χ1) is 35.6. The Morgan fingerprint density at radius 1 is 0.474 bits per heavy atom. The summed E-state index contributed by atoms with van der Waals surface area (Å²) < 4.78 is 142. The van der Waals surface area contributed by atoms with Crippen molar-refractivity contribution in [2.75, 3.05) is 27.0 Å². The van der Waals surface area contributed by atoms with Gasteiger partial charge in [0.15, 0.2) is 5.75 Å². The molecule has 28 nitrogen and oxygen atoms in total. The lowest BCUT2D eigenvalue weighted by Crippen LogP contribution is -2.05. The summed E-state index contributed by atoms with van der Waals surface area (Å²) in [7, 11) is -21.2. The van der Waals surface area contributed by atoms with Crippen molar-refractivity contribution in [3.8, 4) is 5.75 Å². The Morgan fingerprint density at radius 3 is 1.24 bits per heavy atom. The Balaban J connectivity index is 1.20. The second-order valence-corrected chi connectivity index (χ2v) is 21.8. The molecule has 8 rings (SSSR count). The van der Waals surface area contributed by atoms with Crippen LogP contribution in [0.1, 0.15) is 11.1 Å². The summed E-state index contributed by atoms with van der Waals surface area (Å²) in [4.78, 5) is 20.2. The van der Waals surface area contributed by atoms with E-state index in [1.54, 1.807) is 30.3 Å². The molecule has 0 atom stereocenters. The lowest BCUT2D eigenvalue weighted by Gasteiger charge is -2.14. The van der Waals surface area contributed by atoms with Crippen LogP contribution in [0.2, 0.25) is 10.6 Å². The summed E-state index contributed by atoms with van der Waals surface area (Å²) in [5.74, 6) is -1.71. The maximum absolute atomic E-state index is 12.9. The van der Waals surface area contributed by atoms with Gasteiger partial charge in [-0.3, -0.25) is 18.2 Å². The van der Waals surface area contributed by atoms with Crippen LogP contribution in [0.5, 0.6) is 5.75 Å². The predicted octanol–water partition coefficient (Wildman–Crippen LogP) is 9.21. The third-order valence-corrected chi connectivity index (χ3v) is 14.2. The van der Waals surface area contributed by atoms with Crippen LogP contribution >= 0.6 is 23.2 Å². The smallest absolute Gasteiger partial charge is 0.296 e. The summed E-state index contributed by atoms with van der Waals surface area (Å²) in [5.41, 5.74) is 4.63. The van der Waals surface area contributed by atoms with E-state index in [1.807, 2.05) is 32.0 Å². The van der Waals surface area contributed by atoms with E-state index in [-0.39, 0.29) is 45.7 Å². The van der Waals surface area contributed by atoms with Crippen molar-refractivity contribution in [3.05, 3.63) is 119 Å². The monoisotopic (exact) mass is 1150 g/mol. The number of hydrogen-bond acceptors (Lipinski definition) is 24. The van der Waals surface area contributed by atoms with Crippen molar-refractivity contribution in [1.29, 1.82) is 0 Å². The van der Waals surface area contributed by atoms with Crippen molar-refractivity contribution in [3.63, 3.8) is 0 Å². The van der Waals surface area contributed by atoms with Gasteiger partial charge in [0.05, 0.1) is 11.1 Å². The first-order valence-electron chi connectivity index (χ1n) is 20.8. The summed E-state index contributed by atoms with van der Waals surface area (Å²) in [6.07, 6.45) is 0. The highest BCUT2D eigenvalue weighted by atomic mass is 35.5. The predicted molar refractivity (Wildman–Crippen MR) is 276 cm³/mol. The fourth-order valence-electron chi connectivity index (χ4n) is 6.94. The number of aryl methyl sites for hydroxylation is 2. The van der Waals surface area contributed by atoms with E-state index < -0.39 is 105 Å². The average molecular weight is 1150 g/mol. The van der Waals surface area contributed by atoms with Gasteiger partial charge in [-0.1, -0.05) is 36.4 Å². The van der Waals surface area contributed by atoms with Crippen LogP contribution in [0, 0.1) is 13.8 Å². The molecule has 2 heterocycles. The molecular formula is C42H33Cl2N15O13S4. The van der Waals surface area contributed by atoms with E-state index in [1.165, 1.54) is 0 Å². The lowest BCUT2D eigenvalue weighted by atomic mass is 10.1. The van der Waals surface area contributed by atoms with E-state index in [0.717, 1.165) is 47.5 Å². The molecule has 0 radical (unpaired) electrons. The summed E-state index contributed by atoms with van der Waals surface area (Å²) in [6.45, 7) is 3.64. The number of hydrogen-bond donors (Lipinski definition) is 10. The SMILES string of the molecule is Cc1ccccc1Nc1nc(Cl)nc(Nc2ccc(S(=O)(=O)O)c(N=Nc3c(S(=O)(=O)O)cc4cc(S(=O)(=O)O)c(N=Nc5cc(Nc6nc(Cl)nc(Nc7ccccc7C)n6)ccc5S(=O)(=O)O)c(O)c4c3N)c2)n1. The number of aromatic hydroxyl groups is 1. The molecule has 8 aromatic rings. The fourth-order valence-corrected chi connectivity index (χ4v) is 9.80. The first kappa shape index (κ1) is 54.1. The summed E-state index contributed by atoms with van der Waals surface area (Å²) >= 11 is 12.3. The normalized spacial score (nSPS) is 12.4. The van der Waals surface area contributed by atoms with Gasteiger partial charge in [-0.25, -0.2) is 0 Å². The number of nitrogens with two attached hydrogens (primary N) is 1. The third kappa shape index (κ3) is 12.3. The van der Waals surface area contributed by atoms with E-state index in [4.69, 9.17) is 28.9 Å². The number of para-hydroxylation sites is 2. The molecule has 0 aliphatic heterocycles. The van der Waals surface area contributed by atoms with Gasteiger partial charge in [-0.2, -0.15) is 63.6 Å². The standard InChI is InChI=1S/C42H33Cl2N15O13S4/c1-19-7-3-5-9-24(19)48-41-52-37(43)50-39(54-41)46-22-11-13-28(73(61,62)63)26(17-22)56-58-34-30(75(67,68)69)15-21-16-31(76(70,71)72)35(36(60)32(21)33(34)45)59-57-27-18-23(12-14-29(27)74(64,65)66)47-40-51-38(44)53-42(55-40)49-25-10-6-4-8-20(25)2/h3-18,60H,45H2,1-2H3,(H,61,62,63)(H,64,65,66)(H,67,68,69)(H,70,71,72)(H2,46,48,50,52,54)(H2,47,49,51,53,55). The molecular weight excluding hydrogens is 1120 g/mol. The van der Waals surface area contributed by atoms with Crippen LogP contribution in [0.3, 0.4) is 0 Å². The molecule has 0 aliphatic carbocycles. The van der Waals surface area contributed by atoms with Crippen LogP contribution in [0.4, 0.5) is 75.0 Å². The third-order valence-electron chi connectivity index (χ3n) is 10.4.